The van der Waals surface area contributed by atoms with E-state index in [1.54, 1.807) is 6.26 Å². The smallest absolute Gasteiger partial charge is 0.106 e. The van der Waals surface area contributed by atoms with Crippen LogP contribution in [-0.2, 0) is 6.42 Å². The Bertz CT molecular complexity index is 215. The molecule has 0 spiro atoms. The highest BCUT2D eigenvalue weighted by Crippen LogP contribution is 2.11. The van der Waals surface area contributed by atoms with Gasteiger partial charge >= 0.3 is 0 Å². The zero-order valence-electron chi connectivity index (χ0n) is 7.13. The Morgan fingerprint density at radius 3 is 2.82 bits per heavy atom. The molecule has 0 amide bonds. The first-order valence-electron chi connectivity index (χ1n) is 3.98. The maximum Gasteiger partial charge on any atom is 0.106 e. The van der Waals surface area contributed by atoms with Gasteiger partial charge in [-0.15, -0.1) is 0 Å². The van der Waals surface area contributed by atoms with Gasteiger partial charge in [0.2, 0.25) is 0 Å². The SMILES string of the molecule is Cc1ccoc1CC[C@@H](C)N. The largest absolute Gasteiger partial charge is 0.469 e. The van der Waals surface area contributed by atoms with E-state index in [9.17, 15) is 0 Å². The molecule has 2 N–H and O–H groups in total. The summed E-state index contributed by atoms with van der Waals surface area (Å²) >= 11 is 0. The van der Waals surface area contributed by atoms with E-state index in [4.69, 9.17) is 10.2 Å². The Morgan fingerprint density at radius 2 is 2.36 bits per heavy atom. The highest BCUT2D eigenvalue weighted by molar-refractivity contribution is 5.14. The lowest BCUT2D eigenvalue weighted by Gasteiger charge is -2.02. The second-order valence-electron chi connectivity index (χ2n) is 3.04. The standard InChI is InChI=1S/C9H15NO/c1-7-5-6-11-9(7)4-3-8(2)10/h5-6,8H,3-4,10H2,1-2H3/t8-/m1/s1. The molecule has 0 fully saturated rings. The van der Waals surface area contributed by atoms with E-state index in [0.717, 1.165) is 18.6 Å². The Morgan fingerprint density at radius 1 is 1.64 bits per heavy atom. The molecule has 0 unspecified atom stereocenters. The van der Waals surface area contributed by atoms with E-state index < -0.39 is 0 Å². The van der Waals surface area contributed by atoms with Crippen molar-refractivity contribution in [2.45, 2.75) is 32.7 Å². The van der Waals surface area contributed by atoms with Crippen LogP contribution in [0.3, 0.4) is 0 Å². The molecular formula is C9H15NO. The number of hydrogen-bond acceptors (Lipinski definition) is 2. The molecule has 62 valence electrons. The van der Waals surface area contributed by atoms with Crippen molar-refractivity contribution in [3.8, 4) is 0 Å². The number of nitrogens with two attached hydrogens (primary N) is 1. The molecule has 1 atom stereocenters. The van der Waals surface area contributed by atoms with Crippen LogP contribution in [0.15, 0.2) is 16.7 Å². The summed E-state index contributed by atoms with van der Waals surface area (Å²) in [7, 11) is 0. The normalized spacial score (nSPS) is 13.4. The average Bonchev–Trinajstić information content (AvgIpc) is 2.31. The topological polar surface area (TPSA) is 39.2 Å². The summed E-state index contributed by atoms with van der Waals surface area (Å²) in [5.74, 6) is 1.07. The summed E-state index contributed by atoms with van der Waals surface area (Å²) in [6, 6.07) is 2.25. The molecule has 2 nitrogen and oxygen atoms in total. The highest BCUT2D eigenvalue weighted by Gasteiger charge is 2.02. The zero-order valence-corrected chi connectivity index (χ0v) is 7.13. The zero-order chi connectivity index (χ0) is 8.27. The van der Waals surface area contributed by atoms with Gasteiger partial charge in [0.05, 0.1) is 6.26 Å². The molecule has 0 aliphatic rings. The molecule has 11 heavy (non-hydrogen) atoms. The van der Waals surface area contributed by atoms with Crippen LogP contribution in [0.4, 0.5) is 0 Å². The van der Waals surface area contributed by atoms with Crippen molar-refractivity contribution in [3.63, 3.8) is 0 Å². The summed E-state index contributed by atoms with van der Waals surface area (Å²) in [5, 5.41) is 0. The van der Waals surface area contributed by atoms with Gasteiger partial charge in [-0.2, -0.15) is 0 Å². The molecule has 1 aromatic rings. The molecule has 2 heteroatoms. The molecule has 0 bridgehead atoms. The van der Waals surface area contributed by atoms with Gasteiger partial charge < -0.3 is 10.2 Å². The van der Waals surface area contributed by atoms with Gasteiger partial charge in [0.1, 0.15) is 5.76 Å². The lowest BCUT2D eigenvalue weighted by Crippen LogP contribution is -2.15. The lowest BCUT2D eigenvalue weighted by atomic mass is 10.1. The first kappa shape index (κ1) is 8.34. The van der Waals surface area contributed by atoms with Gasteiger partial charge in [0, 0.05) is 12.5 Å². The number of hydrogen-bond donors (Lipinski definition) is 1. The molecule has 0 saturated heterocycles. The van der Waals surface area contributed by atoms with Crippen LogP contribution in [0.1, 0.15) is 24.7 Å². The van der Waals surface area contributed by atoms with E-state index in [1.807, 2.05) is 13.0 Å². The fraction of sp³-hybridized carbons (Fsp3) is 0.556. The maximum atomic E-state index is 5.62. The van der Waals surface area contributed by atoms with Crippen LogP contribution in [0.5, 0.6) is 0 Å². The number of rotatable bonds is 3. The van der Waals surface area contributed by atoms with Crippen LogP contribution in [0.2, 0.25) is 0 Å². The van der Waals surface area contributed by atoms with Gasteiger partial charge in [-0.05, 0) is 31.9 Å². The third kappa shape index (κ3) is 2.39. The minimum absolute atomic E-state index is 0.263. The first-order chi connectivity index (χ1) is 5.20. The molecular weight excluding hydrogens is 138 g/mol. The second-order valence-corrected chi connectivity index (χ2v) is 3.04. The Labute approximate surface area is 67.4 Å². The van der Waals surface area contributed by atoms with Crippen molar-refractivity contribution in [1.82, 2.24) is 0 Å². The fourth-order valence-corrected chi connectivity index (χ4v) is 1.02. The van der Waals surface area contributed by atoms with Crippen LogP contribution >= 0.6 is 0 Å². The van der Waals surface area contributed by atoms with Crippen LogP contribution in [0.25, 0.3) is 0 Å². The molecule has 0 aliphatic heterocycles. The minimum atomic E-state index is 0.263. The van der Waals surface area contributed by atoms with Gasteiger partial charge in [-0.25, -0.2) is 0 Å². The van der Waals surface area contributed by atoms with Crippen molar-refractivity contribution in [1.29, 1.82) is 0 Å². The van der Waals surface area contributed by atoms with E-state index in [2.05, 4.69) is 6.92 Å². The van der Waals surface area contributed by atoms with Gasteiger partial charge in [0.25, 0.3) is 0 Å². The van der Waals surface area contributed by atoms with Gasteiger partial charge in [-0.1, -0.05) is 0 Å². The van der Waals surface area contributed by atoms with Crippen molar-refractivity contribution >= 4 is 0 Å². The number of aryl methyl sites for hydroxylation is 2. The van der Waals surface area contributed by atoms with Gasteiger partial charge in [0.15, 0.2) is 0 Å². The quantitative estimate of drug-likeness (QED) is 0.720. The van der Waals surface area contributed by atoms with Crippen molar-refractivity contribution < 1.29 is 4.42 Å². The van der Waals surface area contributed by atoms with Gasteiger partial charge in [-0.3, -0.25) is 0 Å². The second kappa shape index (κ2) is 3.58. The van der Waals surface area contributed by atoms with E-state index in [0.29, 0.717) is 0 Å². The first-order valence-corrected chi connectivity index (χ1v) is 3.98. The van der Waals surface area contributed by atoms with E-state index in [1.165, 1.54) is 5.56 Å². The van der Waals surface area contributed by atoms with Crippen molar-refractivity contribution in [3.05, 3.63) is 23.7 Å². The molecule has 1 heterocycles. The summed E-state index contributed by atoms with van der Waals surface area (Å²) in [5.41, 5.74) is 6.84. The maximum absolute atomic E-state index is 5.62. The predicted molar refractivity (Wildman–Crippen MR) is 45.4 cm³/mol. The number of furan rings is 1. The third-order valence-corrected chi connectivity index (χ3v) is 1.79. The van der Waals surface area contributed by atoms with Crippen LogP contribution < -0.4 is 5.73 Å². The van der Waals surface area contributed by atoms with E-state index in [-0.39, 0.29) is 6.04 Å². The summed E-state index contributed by atoms with van der Waals surface area (Å²) in [4.78, 5) is 0. The molecule has 1 aromatic heterocycles. The van der Waals surface area contributed by atoms with Crippen LogP contribution in [-0.4, -0.2) is 6.04 Å². The Balaban J connectivity index is 2.44. The molecule has 0 radical (unpaired) electrons. The minimum Gasteiger partial charge on any atom is -0.469 e. The fourth-order valence-electron chi connectivity index (χ4n) is 1.02. The molecule has 1 rings (SSSR count). The van der Waals surface area contributed by atoms with Crippen molar-refractivity contribution in [2.75, 3.05) is 0 Å². The Kier molecular flexibility index (Phi) is 2.71. The lowest BCUT2D eigenvalue weighted by molar-refractivity contribution is 0.488. The van der Waals surface area contributed by atoms with Crippen molar-refractivity contribution in [2.24, 2.45) is 5.73 Å². The molecule has 0 saturated carbocycles. The average molecular weight is 153 g/mol. The predicted octanol–water partition coefficient (Wildman–Crippen LogP) is 1.87. The van der Waals surface area contributed by atoms with Crippen LogP contribution in [0, 0.1) is 6.92 Å². The highest BCUT2D eigenvalue weighted by atomic mass is 16.3. The molecule has 0 aromatic carbocycles. The third-order valence-electron chi connectivity index (χ3n) is 1.79. The molecule has 0 aliphatic carbocycles. The monoisotopic (exact) mass is 153 g/mol. The summed E-state index contributed by atoms with van der Waals surface area (Å²) in [6.07, 6.45) is 3.68. The Hall–Kier alpha value is -0.760. The van der Waals surface area contributed by atoms with E-state index >= 15 is 0 Å². The summed E-state index contributed by atoms with van der Waals surface area (Å²) < 4.78 is 5.26. The summed E-state index contributed by atoms with van der Waals surface area (Å²) in [6.45, 7) is 4.07.